The maximum absolute atomic E-state index is 13.1. The van der Waals surface area contributed by atoms with Gasteiger partial charge in [-0.1, -0.05) is 41.9 Å². The second kappa shape index (κ2) is 11.7. The number of Topliss-reactive ketones (excluding diaryl/α,β-unsaturated/α-hetero) is 1. The zero-order valence-corrected chi connectivity index (χ0v) is 21.8. The Morgan fingerprint density at radius 2 is 1.67 bits per heavy atom. The minimum Gasteiger partial charge on any atom is -0.465 e. The average molecular weight is 545 g/mol. The van der Waals surface area contributed by atoms with Gasteiger partial charge in [0.25, 0.3) is 0 Å². The summed E-state index contributed by atoms with van der Waals surface area (Å²) >= 11 is 0. The van der Waals surface area contributed by atoms with E-state index in [0.29, 0.717) is 30.1 Å². The molecule has 1 aliphatic rings. The van der Waals surface area contributed by atoms with Crippen LogP contribution >= 0.6 is 0 Å². The van der Waals surface area contributed by atoms with Crippen molar-refractivity contribution in [3.63, 3.8) is 0 Å². The van der Waals surface area contributed by atoms with Crippen LogP contribution in [0.4, 0.5) is 13.2 Å². The van der Waals surface area contributed by atoms with E-state index in [1.54, 1.807) is 32.0 Å². The normalized spacial score (nSPS) is 16.9. The number of ether oxygens (including phenoxy) is 1. The number of benzene rings is 2. The lowest BCUT2D eigenvalue weighted by Gasteiger charge is -2.36. The number of carbonyl (C=O) groups excluding carboxylic acids is 4. The van der Waals surface area contributed by atoms with E-state index in [2.05, 4.69) is 16.2 Å². The summed E-state index contributed by atoms with van der Waals surface area (Å²) in [6, 6.07) is 11.1. The van der Waals surface area contributed by atoms with E-state index in [-0.39, 0.29) is 12.6 Å². The Kier molecular flexibility index (Phi) is 8.86. The number of aromatic nitrogens is 2. The van der Waals surface area contributed by atoms with Crippen molar-refractivity contribution in [2.45, 2.75) is 58.0 Å². The van der Waals surface area contributed by atoms with Gasteiger partial charge in [-0.05, 0) is 66.5 Å². The maximum Gasteiger partial charge on any atom is 0.449 e. The first-order chi connectivity index (χ1) is 18.4. The van der Waals surface area contributed by atoms with E-state index in [1.807, 2.05) is 19.1 Å². The highest BCUT2D eigenvalue weighted by molar-refractivity contribution is 5.89. The first kappa shape index (κ1) is 29.4. The minimum absolute atomic E-state index is 0.133. The molecule has 0 saturated heterocycles. The Labute approximate surface area is 222 Å². The fraction of sp³-hybridized carbons (Fsp3) is 0.393. The van der Waals surface area contributed by atoms with Crippen molar-refractivity contribution in [2.24, 2.45) is 5.92 Å². The summed E-state index contributed by atoms with van der Waals surface area (Å²) in [5.41, 5.74) is 3.78. The van der Waals surface area contributed by atoms with Gasteiger partial charge in [-0.15, -0.1) is 0 Å². The van der Waals surface area contributed by atoms with Crippen molar-refractivity contribution >= 4 is 17.9 Å². The van der Waals surface area contributed by atoms with E-state index in [9.17, 15) is 22.8 Å². The number of rotatable bonds is 6. The zero-order valence-electron chi connectivity index (χ0n) is 21.8. The number of halogens is 3. The fourth-order valence-corrected chi connectivity index (χ4v) is 5.27. The molecule has 1 aliphatic carbocycles. The number of nitrogens with zero attached hydrogens (tertiary/aromatic N) is 2. The van der Waals surface area contributed by atoms with Gasteiger partial charge in [-0.25, -0.2) is 4.79 Å². The molecule has 206 valence electrons. The predicted molar refractivity (Wildman–Crippen MR) is 130 cm³/mol. The first-order valence-electron chi connectivity index (χ1n) is 12.1. The lowest BCUT2D eigenvalue weighted by atomic mass is 9.66. The molecule has 0 saturated carbocycles. The molecule has 1 heterocycles. The SMILES string of the molecule is COC(=O)c1ccc2c(c1)CCc1cc(C)ccc1C2(C[C@H](C)CC(=O)C(F)(F)F)c1noc(C)n1.O=C=O. The van der Waals surface area contributed by atoms with Crippen molar-refractivity contribution in [3.05, 3.63) is 81.5 Å². The van der Waals surface area contributed by atoms with E-state index in [4.69, 9.17) is 18.8 Å². The van der Waals surface area contributed by atoms with Gasteiger partial charge < -0.3 is 9.26 Å². The van der Waals surface area contributed by atoms with Crippen molar-refractivity contribution in [3.8, 4) is 0 Å². The molecular formula is C28H27F3N2O6. The molecule has 39 heavy (non-hydrogen) atoms. The molecule has 0 bridgehead atoms. The van der Waals surface area contributed by atoms with Crippen LogP contribution in [-0.4, -0.2) is 41.3 Å². The smallest absolute Gasteiger partial charge is 0.449 e. The molecule has 0 amide bonds. The maximum atomic E-state index is 13.1. The molecule has 8 nitrogen and oxygen atoms in total. The Bertz CT molecular complexity index is 1410. The summed E-state index contributed by atoms with van der Waals surface area (Å²) in [4.78, 5) is 45.0. The van der Waals surface area contributed by atoms with Crippen LogP contribution < -0.4 is 0 Å². The summed E-state index contributed by atoms with van der Waals surface area (Å²) in [6.07, 6.45) is -3.96. The van der Waals surface area contributed by atoms with Gasteiger partial charge in [0.15, 0.2) is 5.82 Å². The monoisotopic (exact) mass is 544 g/mol. The van der Waals surface area contributed by atoms with Crippen LogP contribution in [0.15, 0.2) is 40.9 Å². The fourth-order valence-electron chi connectivity index (χ4n) is 5.27. The molecule has 0 aliphatic heterocycles. The number of aryl methyl sites for hydroxylation is 4. The second-order valence-electron chi connectivity index (χ2n) is 9.58. The third kappa shape index (κ3) is 6.15. The van der Waals surface area contributed by atoms with E-state index in [1.165, 1.54) is 7.11 Å². The van der Waals surface area contributed by atoms with Gasteiger partial charge in [-0.2, -0.15) is 27.7 Å². The van der Waals surface area contributed by atoms with Crippen molar-refractivity contribution in [1.29, 1.82) is 0 Å². The van der Waals surface area contributed by atoms with Gasteiger partial charge in [-0.3, -0.25) is 4.79 Å². The Morgan fingerprint density at radius 3 is 2.21 bits per heavy atom. The van der Waals surface area contributed by atoms with Crippen molar-refractivity contribution < 1.29 is 41.6 Å². The molecule has 0 fully saturated rings. The number of fused-ring (bicyclic) bond motifs is 2. The number of methoxy groups -OCH3 is 1. The molecular weight excluding hydrogens is 517 g/mol. The topological polar surface area (TPSA) is 116 Å². The summed E-state index contributed by atoms with van der Waals surface area (Å²) < 4.78 is 49.6. The minimum atomic E-state index is -4.91. The van der Waals surface area contributed by atoms with Gasteiger partial charge in [0.05, 0.1) is 18.1 Å². The average Bonchev–Trinajstić information content (AvgIpc) is 3.27. The van der Waals surface area contributed by atoms with Gasteiger partial charge in [0, 0.05) is 13.3 Å². The molecule has 2 aromatic carbocycles. The molecule has 4 rings (SSSR count). The van der Waals surface area contributed by atoms with Crippen LogP contribution in [-0.2, 0) is 37.4 Å². The number of alkyl halides is 3. The molecule has 1 unspecified atom stereocenters. The van der Waals surface area contributed by atoms with E-state index < -0.39 is 35.7 Å². The van der Waals surface area contributed by atoms with Crippen molar-refractivity contribution in [2.75, 3.05) is 7.11 Å². The van der Waals surface area contributed by atoms with Gasteiger partial charge in [0.2, 0.25) is 11.7 Å². The second-order valence-corrected chi connectivity index (χ2v) is 9.58. The van der Waals surface area contributed by atoms with Crippen LogP contribution in [0.3, 0.4) is 0 Å². The highest BCUT2D eigenvalue weighted by Crippen LogP contribution is 2.48. The largest absolute Gasteiger partial charge is 0.465 e. The van der Waals surface area contributed by atoms with Gasteiger partial charge >= 0.3 is 18.3 Å². The van der Waals surface area contributed by atoms with E-state index in [0.717, 1.165) is 27.8 Å². The Morgan fingerprint density at radius 1 is 1.08 bits per heavy atom. The molecule has 2 atom stereocenters. The van der Waals surface area contributed by atoms with Crippen LogP contribution in [0.25, 0.3) is 0 Å². The number of hydrogen-bond donors (Lipinski definition) is 0. The molecule has 0 spiro atoms. The Hall–Kier alpha value is -4.11. The highest BCUT2D eigenvalue weighted by Gasteiger charge is 2.47. The van der Waals surface area contributed by atoms with Gasteiger partial charge in [0.1, 0.15) is 0 Å². The van der Waals surface area contributed by atoms with Crippen LogP contribution in [0.5, 0.6) is 0 Å². The summed E-state index contributed by atoms with van der Waals surface area (Å²) in [6.45, 7) is 5.24. The summed E-state index contributed by atoms with van der Waals surface area (Å²) in [7, 11) is 1.30. The molecule has 1 aromatic heterocycles. The number of esters is 1. The first-order valence-corrected chi connectivity index (χ1v) is 12.1. The van der Waals surface area contributed by atoms with Crippen LogP contribution in [0, 0.1) is 19.8 Å². The van der Waals surface area contributed by atoms with Crippen molar-refractivity contribution in [1.82, 2.24) is 10.1 Å². The predicted octanol–water partition coefficient (Wildman–Crippen LogP) is 4.87. The van der Waals surface area contributed by atoms with Crippen LogP contribution in [0.1, 0.15) is 69.7 Å². The zero-order chi connectivity index (χ0) is 29.0. The Balaban J connectivity index is 0.00000134. The number of hydrogen-bond acceptors (Lipinski definition) is 8. The molecule has 0 radical (unpaired) electrons. The highest BCUT2D eigenvalue weighted by atomic mass is 19.4. The third-order valence-electron chi connectivity index (χ3n) is 6.78. The molecule has 11 heteroatoms. The quantitative estimate of drug-likeness (QED) is 0.404. The molecule has 0 N–H and O–H groups in total. The van der Waals surface area contributed by atoms with Crippen LogP contribution in [0.2, 0.25) is 0 Å². The standard InChI is InChI=1S/C27H27F3N2O4.CO2/c1-15-5-9-21-18(11-15)6-7-19-13-20(24(34)35-4)8-10-22(19)26(21,25-31-17(3)36-32-25)14-16(2)12-23(33)27(28,29)30;2-1-3/h5,8-11,13,16H,6-7,12,14H2,1-4H3;/t16-,26?;/m1./s1. The lowest BCUT2D eigenvalue weighted by molar-refractivity contribution is -0.191. The number of carbonyl (C=O) groups is 2. The summed E-state index contributed by atoms with van der Waals surface area (Å²) in [5.74, 6) is -2.30. The lowest BCUT2D eigenvalue weighted by Crippen LogP contribution is -2.35. The van der Waals surface area contributed by atoms with E-state index >= 15 is 0 Å². The number of ketones is 1. The third-order valence-corrected chi connectivity index (χ3v) is 6.78. The summed E-state index contributed by atoms with van der Waals surface area (Å²) in [5, 5.41) is 4.24. The molecule has 3 aromatic rings.